The van der Waals surface area contributed by atoms with Crippen molar-refractivity contribution in [1.29, 1.82) is 0 Å². The zero-order valence-corrected chi connectivity index (χ0v) is 15.6. The van der Waals surface area contributed by atoms with Gasteiger partial charge in [0.2, 0.25) is 0 Å². The SMILES string of the molecule is O=C1c2ccccc2NC(c2cccc([N+](=O)[O-])c2)N1c1ccc(Br)cc1. The normalized spacial score (nSPS) is 15.8. The summed E-state index contributed by atoms with van der Waals surface area (Å²) in [5, 5.41) is 14.5. The number of para-hydroxylation sites is 1. The van der Waals surface area contributed by atoms with Crippen molar-refractivity contribution in [2.75, 3.05) is 10.2 Å². The van der Waals surface area contributed by atoms with Crippen molar-refractivity contribution in [3.8, 4) is 0 Å². The Kier molecular flexibility index (Phi) is 4.37. The Hall–Kier alpha value is -3.19. The van der Waals surface area contributed by atoms with Crippen LogP contribution in [-0.2, 0) is 0 Å². The summed E-state index contributed by atoms with van der Waals surface area (Å²) in [6.45, 7) is 0. The smallest absolute Gasteiger partial charge is 0.269 e. The third-order valence-electron chi connectivity index (χ3n) is 4.43. The molecule has 3 aromatic carbocycles. The third-order valence-corrected chi connectivity index (χ3v) is 4.96. The Labute approximate surface area is 163 Å². The third kappa shape index (κ3) is 3.17. The minimum Gasteiger partial charge on any atom is -0.360 e. The fraction of sp³-hybridized carbons (Fsp3) is 0.0500. The fourth-order valence-corrected chi connectivity index (χ4v) is 3.43. The maximum absolute atomic E-state index is 13.2. The van der Waals surface area contributed by atoms with E-state index in [2.05, 4.69) is 21.2 Å². The Balaban J connectivity index is 1.86. The van der Waals surface area contributed by atoms with E-state index >= 15 is 0 Å². The molecular formula is C20H14BrN3O3. The number of carbonyl (C=O) groups excluding carboxylic acids is 1. The molecule has 134 valence electrons. The number of halogens is 1. The maximum Gasteiger partial charge on any atom is 0.269 e. The first-order chi connectivity index (χ1) is 13.0. The van der Waals surface area contributed by atoms with E-state index in [1.165, 1.54) is 12.1 Å². The Bertz CT molecular complexity index is 1040. The molecular weight excluding hydrogens is 410 g/mol. The first-order valence-electron chi connectivity index (χ1n) is 8.23. The number of non-ortho nitro benzene ring substituents is 1. The lowest BCUT2D eigenvalue weighted by Gasteiger charge is -2.38. The number of carbonyl (C=O) groups is 1. The molecule has 4 rings (SSSR count). The molecule has 6 nitrogen and oxygen atoms in total. The number of hydrogen-bond acceptors (Lipinski definition) is 4. The summed E-state index contributed by atoms with van der Waals surface area (Å²) in [5.74, 6) is -0.164. The molecule has 1 amide bonds. The first-order valence-corrected chi connectivity index (χ1v) is 9.03. The molecule has 1 N–H and O–H groups in total. The van der Waals surface area contributed by atoms with Gasteiger partial charge in [0.15, 0.2) is 0 Å². The highest BCUT2D eigenvalue weighted by molar-refractivity contribution is 9.10. The molecule has 1 atom stereocenters. The minimum atomic E-state index is -0.562. The molecule has 1 unspecified atom stereocenters. The zero-order chi connectivity index (χ0) is 19.0. The molecule has 0 saturated carbocycles. The second kappa shape index (κ2) is 6.85. The van der Waals surface area contributed by atoms with Gasteiger partial charge in [0, 0.05) is 33.5 Å². The molecule has 1 aliphatic heterocycles. The van der Waals surface area contributed by atoms with Gasteiger partial charge in [0.1, 0.15) is 6.17 Å². The fourth-order valence-electron chi connectivity index (χ4n) is 3.16. The van der Waals surface area contributed by atoms with Gasteiger partial charge in [0.05, 0.1) is 10.5 Å². The number of rotatable bonds is 3. The second-order valence-electron chi connectivity index (χ2n) is 6.10. The van der Waals surface area contributed by atoms with Gasteiger partial charge in [-0.15, -0.1) is 0 Å². The molecule has 0 spiro atoms. The van der Waals surface area contributed by atoms with Crippen LogP contribution in [0.1, 0.15) is 22.1 Å². The zero-order valence-electron chi connectivity index (χ0n) is 14.0. The topological polar surface area (TPSA) is 75.5 Å². The lowest BCUT2D eigenvalue weighted by molar-refractivity contribution is -0.384. The lowest BCUT2D eigenvalue weighted by atomic mass is 10.0. The highest BCUT2D eigenvalue weighted by Gasteiger charge is 2.34. The highest BCUT2D eigenvalue weighted by atomic mass is 79.9. The molecule has 1 aliphatic rings. The van der Waals surface area contributed by atoms with Gasteiger partial charge < -0.3 is 5.32 Å². The van der Waals surface area contributed by atoms with Gasteiger partial charge in [-0.25, -0.2) is 0 Å². The summed E-state index contributed by atoms with van der Waals surface area (Å²) in [6, 6.07) is 21.0. The summed E-state index contributed by atoms with van der Waals surface area (Å²) in [5.41, 5.74) is 2.57. The Morgan fingerprint density at radius 1 is 1.00 bits per heavy atom. The van der Waals surface area contributed by atoms with Crippen LogP contribution >= 0.6 is 15.9 Å². The van der Waals surface area contributed by atoms with E-state index in [9.17, 15) is 14.9 Å². The quantitative estimate of drug-likeness (QED) is 0.467. The van der Waals surface area contributed by atoms with E-state index in [4.69, 9.17) is 0 Å². The average Bonchev–Trinajstić information content (AvgIpc) is 2.69. The van der Waals surface area contributed by atoms with Crippen LogP contribution in [0.3, 0.4) is 0 Å². The standard InChI is InChI=1S/C20H14BrN3O3/c21-14-8-10-15(11-9-14)23-19(13-4-3-5-16(12-13)24(26)27)22-18-7-2-1-6-17(18)20(23)25/h1-12,19,22H. The number of nitro benzene ring substituents is 1. The van der Waals surface area contributed by atoms with Crippen LogP contribution in [0.25, 0.3) is 0 Å². The Morgan fingerprint density at radius 3 is 2.48 bits per heavy atom. The number of amides is 1. The molecule has 0 aromatic heterocycles. The van der Waals surface area contributed by atoms with E-state index in [0.29, 0.717) is 22.5 Å². The van der Waals surface area contributed by atoms with Crippen LogP contribution in [0, 0.1) is 10.1 Å². The highest BCUT2D eigenvalue weighted by Crippen LogP contribution is 2.37. The molecule has 27 heavy (non-hydrogen) atoms. The van der Waals surface area contributed by atoms with Crippen molar-refractivity contribution in [2.45, 2.75) is 6.17 Å². The summed E-state index contributed by atoms with van der Waals surface area (Å²) >= 11 is 3.40. The van der Waals surface area contributed by atoms with Gasteiger partial charge in [-0.1, -0.05) is 40.2 Å². The number of hydrogen-bond donors (Lipinski definition) is 1. The summed E-state index contributed by atoms with van der Waals surface area (Å²) in [6.07, 6.45) is -0.562. The number of nitrogens with zero attached hydrogens (tertiary/aromatic N) is 2. The number of nitro groups is 1. The van der Waals surface area contributed by atoms with E-state index in [1.54, 1.807) is 23.1 Å². The first kappa shape index (κ1) is 17.2. The predicted molar refractivity (Wildman–Crippen MR) is 107 cm³/mol. The van der Waals surface area contributed by atoms with Crippen LogP contribution < -0.4 is 10.2 Å². The van der Waals surface area contributed by atoms with Crippen molar-refractivity contribution in [1.82, 2.24) is 0 Å². The summed E-state index contributed by atoms with van der Waals surface area (Å²) in [7, 11) is 0. The molecule has 0 bridgehead atoms. The summed E-state index contributed by atoms with van der Waals surface area (Å²) < 4.78 is 0.899. The Morgan fingerprint density at radius 2 is 1.74 bits per heavy atom. The molecule has 1 heterocycles. The second-order valence-corrected chi connectivity index (χ2v) is 7.01. The molecule has 0 saturated heterocycles. The van der Waals surface area contributed by atoms with Gasteiger partial charge in [0.25, 0.3) is 11.6 Å². The molecule has 7 heteroatoms. The number of anilines is 2. The number of benzene rings is 3. The number of nitrogens with one attached hydrogen (secondary N) is 1. The monoisotopic (exact) mass is 423 g/mol. The van der Waals surface area contributed by atoms with Crippen molar-refractivity contribution in [2.24, 2.45) is 0 Å². The molecule has 0 radical (unpaired) electrons. The van der Waals surface area contributed by atoms with Crippen LogP contribution in [0.4, 0.5) is 17.1 Å². The van der Waals surface area contributed by atoms with Gasteiger partial charge in [-0.3, -0.25) is 19.8 Å². The van der Waals surface area contributed by atoms with Gasteiger partial charge in [-0.05, 0) is 36.4 Å². The number of fused-ring (bicyclic) bond motifs is 1. The minimum absolute atomic E-state index is 0.0173. The molecule has 0 fully saturated rings. The van der Waals surface area contributed by atoms with Crippen molar-refractivity contribution < 1.29 is 9.72 Å². The summed E-state index contributed by atoms with van der Waals surface area (Å²) in [4.78, 5) is 25.6. The van der Waals surface area contributed by atoms with Crippen LogP contribution in [0.5, 0.6) is 0 Å². The average molecular weight is 424 g/mol. The van der Waals surface area contributed by atoms with Crippen molar-refractivity contribution >= 4 is 38.9 Å². The maximum atomic E-state index is 13.2. The lowest BCUT2D eigenvalue weighted by Crippen LogP contribution is -2.43. The molecule has 0 aliphatic carbocycles. The van der Waals surface area contributed by atoms with Crippen LogP contribution in [0.15, 0.2) is 77.3 Å². The van der Waals surface area contributed by atoms with E-state index < -0.39 is 11.1 Å². The van der Waals surface area contributed by atoms with Crippen molar-refractivity contribution in [3.05, 3.63) is 98.5 Å². The van der Waals surface area contributed by atoms with Gasteiger partial charge in [-0.2, -0.15) is 0 Å². The van der Waals surface area contributed by atoms with Crippen LogP contribution in [0.2, 0.25) is 0 Å². The van der Waals surface area contributed by atoms with E-state index in [0.717, 1.165) is 4.47 Å². The van der Waals surface area contributed by atoms with Crippen LogP contribution in [-0.4, -0.2) is 10.8 Å². The van der Waals surface area contributed by atoms with Crippen molar-refractivity contribution in [3.63, 3.8) is 0 Å². The predicted octanol–water partition coefficient (Wildman–Crippen LogP) is 5.13. The largest absolute Gasteiger partial charge is 0.360 e. The van der Waals surface area contributed by atoms with E-state index in [1.807, 2.05) is 42.5 Å². The van der Waals surface area contributed by atoms with E-state index in [-0.39, 0.29) is 11.6 Å². The molecule has 3 aromatic rings. The van der Waals surface area contributed by atoms with Gasteiger partial charge >= 0.3 is 0 Å².